The number of nitrogens with zero attached hydrogens (tertiary/aromatic N) is 1. The van der Waals surface area contributed by atoms with Crippen LogP contribution in [0.15, 0.2) is 54.6 Å². The molecule has 0 bridgehead atoms. The van der Waals surface area contributed by atoms with Crippen LogP contribution in [0.4, 0.5) is 4.39 Å². The molecule has 2 rings (SSSR count). The normalized spacial score (nSPS) is 11.8. The maximum Gasteiger partial charge on any atom is 0.263 e. The summed E-state index contributed by atoms with van der Waals surface area (Å²) in [5.74, 6) is 0.255. The van der Waals surface area contributed by atoms with Crippen LogP contribution in [-0.2, 0) is 11.3 Å². The van der Waals surface area contributed by atoms with Gasteiger partial charge in [-0.05, 0) is 36.8 Å². The molecule has 1 atom stereocenters. The van der Waals surface area contributed by atoms with E-state index >= 15 is 0 Å². The molecule has 4 heteroatoms. The lowest BCUT2D eigenvalue weighted by atomic mass is 10.2. The average Bonchev–Trinajstić information content (AvgIpc) is 2.49. The van der Waals surface area contributed by atoms with Gasteiger partial charge in [0.2, 0.25) is 0 Å². The van der Waals surface area contributed by atoms with E-state index in [1.54, 1.807) is 31.0 Å². The van der Waals surface area contributed by atoms with Crippen molar-refractivity contribution in [3.8, 4) is 5.75 Å². The number of halogens is 1. The molecule has 0 saturated heterocycles. The Balaban J connectivity index is 1.93. The average molecular weight is 287 g/mol. The molecule has 110 valence electrons. The van der Waals surface area contributed by atoms with Gasteiger partial charge in [0, 0.05) is 13.6 Å². The minimum absolute atomic E-state index is 0.122. The van der Waals surface area contributed by atoms with Crippen LogP contribution in [0.3, 0.4) is 0 Å². The third-order valence-corrected chi connectivity index (χ3v) is 3.11. The number of hydrogen-bond acceptors (Lipinski definition) is 2. The Hall–Kier alpha value is -2.36. The first-order valence-corrected chi connectivity index (χ1v) is 6.77. The van der Waals surface area contributed by atoms with Gasteiger partial charge < -0.3 is 9.64 Å². The highest BCUT2D eigenvalue weighted by Gasteiger charge is 2.19. The van der Waals surface area contributed by atoms with E-state index in [4.69, 9.17) is 4.74 Å². The van der Waals surface area contributed by atoms with Gasteiger partial charge in [-0.15, -0.1) is 0 Å². The van der Waals surface area contributed by atoms with Gasteiger partial charge in [0.1, 0.15) is 11.6 Å². The second kappa shape index (κ2) is 6.88. The predicted octanol–water partition coefficient (Wildman–Crippen LogP) is 3.25. The van der Waals surface area contributed by atoms with E-state index in [1.165, 1.54) is 12.1 Å². The molecule has 3 nitrogen and oxygen atoms in total. The molecule has 0 N–H and O–H groups in total. The molecular formula is C17H18FNO2. The number of benzene rings is 2. The minimum Gasteiger partial charge on any atom is -0.481 e. The number of carbonyl (C=O) groups is 1. The van der Waals surface area contributed by atoms with Crippen LogP contribution >= 0.6 is 0 Å². The van der Waals surface area contributed by atoms with Crippen molar-refractivity contribution in [3.05, 3.63) is 66.0 Å². The molecule has 0 aromatic heterocycles. The number of para-hydroxylation sites is 1. The van der Waals surface area contributed by atoms with Crippen LogP contribution in [0, 0.1) is 5.82 Å². The van der Waals surface area contributed by atoms with Gasteiger partial charge in [-0.25, -0.2) is 4.39 Å². The standard InChI is InChI=1S/C17H18FNO2/c1-13(21-16-6-4-3-5-7-16)17(20)19(2)12-14-8-10-15(18)11-9-14/h3-11,13H,12H2,1-2H3. The number of rotatable bonds is 5. The van der Waals surface area contributed by atoms with Gasteiger partial charge >= 0.3 is 0 Å². The predicted molar refractivity (Wildman–Crippen MR) is 79.4 cm³/mol. The molecule has 0 heterocycles. The fourth-order valence-corrected chi connectivity index (χ4v) is 2.01. The number of hydrogen-bond donors (Lipinski definition) is 0. The van der Waals surface area contributed by atoms with Gasteiger partial charge in [0.05, 0.1) is 0 Å². The molecule has 0 radical (unpaired) electrons. The zero-order valence-corrected chi connectivity index (χ0v) is 12.1. The third-order valence-electron chi connectivity index (χ3n) is 3.11. The Kier molecular flexibility index (Phi) is 4.93. The molecule has 0 fully saturated rings. The maximum absolute atomic E-state index is 12.9. The second-order valence-corrected chi connectivity index (χ2v) is 4.89. The van der Waals surface area contributed by atoms with E-state index in [0.29, 0.717) is 12.3 Å². The highest BCUT2D eigenvalue weighted by Crippen LogP contribution is 2.13. The summed E-state index contributed by atoms with van der Waals surface area (Å²) in [6, 6.07) is 15.3. The van der Waals surface area contributed by atoms with Crippen LogP contribution in [0.2, 0.25) is 0 Å². The van der Waals surface area contributed by atoms with Gasteiger partial charge in [0.15, 0.2) is 6.10 Å². The van der Waals surface area contributed by atoms with Gasteiger partial charge in [-0.2, -0.15) is 0 Å². The Morgan fingerprint density at radius 2 is 1.76 bits per heavy atom. The summed E-state index contributed by atoms with van der Waals surface area (Å²) in [6.07, 6.45) is -0.571. The number of likely N-dealkylation sites (N-methyl/N-ethyl adjacent to an activating group) is 1. The zero-order chi connectivity index (χ0) is 15.2. The van der Waals surface area contributed by atoms with Crippen molar-refractivity contribution >= 4 is 5.91 Å². The molecule has 1 unspecified atom stereocenters. The Bertz CT molecular complexity index is 583. The van der Waals surface area contributed by atoms with Crippen LogP contribution in [-0.4, -0.2) is 24.0 Å². The van der Waals surface area contributed by atoms with E-state index in [2.05, 4.69) is 0 Å². The fraction of sp³-hybridized carbons (Fsp3) is 0.235. The number of carbonyl (C=O) groups excluding carboxylic acids is 1. The van der Waals surface area contributed by atoms with Crippen molar-refractivity contribution in [2.45, 2.75) is 19.6 Å². The number of amides is 1. The molecule has 0 saturated carbocycles. The topological polar surface area (TPSA) is 29.5 Å². The molecular weight excluding hydrogens is 269 g/mol. The smallest absolute Gasteiger partial charge is 0.263 e. The zero-order valence-electron chi connectivity index (χ0n) is 12.1. The lowest BCUT2D eigenvalue weighted by Gasteiger charge is -2.22. The van der Waals surface area contributed by atoms with E-state index in [1.807, 2.05) is 30.3 Å². The third kappa shape index (κ3) is 4.31. The van der Waals surface area contributed by atoms with E-state index in [-0.39, 0.29) is 11.7 Å². The van der Waals surface area contributed by atoms with Crippen molar-refractivity contribution in [2.24, 2.45) is 0 Å². The minimum atomic E-state index is -0.571. The van der Waals surface area contributed by atoms with E-state index in [0.717, 1.165) is 5.56 Å². The van der Waals surface area contributed by atoms with Crippen LogP contribution in [0.5, 0.6) is 5.75 Å². The molecule has 2 aromatic carbocycles. The maximum atomic E-state index is 12.9. The molecule has 0 aliphatic heterocycles. The summed E-state index contributed by atoms with van der Waals surface area (Å²) in [5, 5.41) is 0. The molecule has 21 heavy (non-hydrogen) atoms. The fourth-order valence-electron chi connectivity index (χ4n) is 2.01. The van der Waals surface area contributed by atoms with Crippen LogP contribution < -0.4 is 4.74 Å². The Labute approximate surface area is 124 Å². The Morgan fingerprint density at radius 3 is 2.38 bits per heavy atom. The molecule has 2 aromatic rings. The first-order valence-electron chi connectivity index (χ1n) is 6.77. The Morgan fingerprint density at radius 1 is 1.14 bits per heavy atom. The summed E-state index contributed by atoms with van der Waals surface area (Å²) in [7, 11) is 1.70. The molecule has 1 amide bonds. The first-order chi connectivity index (χ1) is 10.1. The SMILES string of the molecule is CC(Oc1ccccc1)C(=O)N(C)Cc1ccc(F)cc1. The highest BCUT2D eigenvalue weighted by molar-refractivity contribution is 5.80. The van der Waals surface area contributed by atoms with Gasteiger partial charge in [-0.1, -0.05) is 30.3 Å². The van der Waals surface area contributed by atoms with E-state index in [9.17, 15) is 9.18 Å². The van der Waals surface area contributed by atoms with Gasteiger partial charge in [0.25, 0.3) is 5.91 Å². The van der Waals surface area contributed by atoms with Crippen molar-refractivity contribution in [1.29, 1.82) is 0 Å². The largest absolute Gasteiger partial charge is 0.481 e. The first kappa shape index (κ1) is 15.0. The van der Waals surface area contributed by atoms with Gasteiger partial charge in [-0.3, -0.25) is 4.79 Å². The van der Waals surface area contributed by atoms with Crippen LogP contribution in [0.25, 0.3) is 0 Å². The quantitative estimate of drug-likeness (QED) is 0.845. The summed E-state index contributed by atoms with van der Waals surface area (Å²) in [4.78, 5) is 13.8. The van der Waals surface area contributed by atoms with Crippen LogP contribution in [0.1, 0.15) is 12.5 Å². The number of ether oxygens (including phenoxy) is 1. The summed E-state index contributed by atoms with van der Waals surface area (Å²) < 4.78 is 18.5. The van der Waals surface area contributed by atoms with E-state index < -0.39 is 6.10 Å². The summed E-state index contributed by atoms with van der Waals surface area (Å²) >= 11 is 0. The molecule has 0 aliphatic rings. The molecule has 0 aliphatic carbocycles. The lowest BCUT2D eigenvalue weighted by molar-refractivity contribution is -0.137. The second-order valence-electron chi connectivity index (χ2n) is 4.89. The van der Waals surface area contributed by atoms with Crippen molar-refractivity contribution < 1.29 is 13.9 Å². The van der Waals surface area contributed by atoms with Crippen molar-refractivity contribution in [3.63, 3.8) is 0 Å². The lowest BCUT2D eigenvalue weighted by Crippen LogP contribution is -2.37. The van der Waals surface area contributed by atoms with Crippen molar-refractivity contribution in [1.82, 2.24) is 4.90 Å². The van der Waals surface area contributed by atoms with Crippen molar-refractivity contribution in [2.75, 3.05) is 7.05 Å². The summed E-state index contributed by atoms with van der Waals surface area (Å²) in [6.45, 7) is 2.14. The highest BCUT2D eigenvalue weighted by atomic mass is 19.1. The monoisotopic (exact) mass is 287 g/mol. The summed E-state index contributed by atoms with van der Waals surface area (Å²) in [5.41, 5.74) is 0.874. The molecule has 0 spiro atoms.